The number of benzene rings is 1. The molecule has 0 radical (unpaired) electrons. The summed E-state index contributed by atoms with van der Waals surface area (Å²) in [6, 6.07) is 9.73. The minimum Gasteiger partial charge on any atom is -0.337 e. The van der Waals surface area contributed by atoms with Crippen molar-refractivity contribution in [3.63, 3.8) is 0 Å². The highest BCUT2D eigenvalue weighted by Gasteiger charge is 2.59. The SMILES string of the molecule is Cl.O=C(c1ccccc1)N1C[C@@H]2CC[C@H](C1)N(C(=O)C1[C@H]3CNC[C@@H]13)C2. The van der Waals surface area contributed by atoms with E-state index in [2.05, 4.69) is 10.2 Å². The summed E-state index contributed by atoms with van der Waals surface area (Å²) in [7, 11) is 0. The zero-order valence-corrected chi connectivity index (χ0v) is 15.7. The number of fused-ring (bicyclic) bond motifs is 5. The molecule has 5 nitrogen and oxygen atoms in total. The number of hydrogen-bond acceptors (Lipinski definition) is 3. The van der Waals surface area contributed by atoms with Crippen molar-refractivity contribution in [1.82, 2.24) is 15.1 Å². The molecule has 1 N–H and O–H groups in total. The van der Waals surface area contributed by atoms with Gasteiger partial charge in [-0.3, -0.25) is 9.59 Å². The Labute approximate surface area is 160 Å². The van der Waals surface area contributed by atoms with Crippen molar-refractivity contribution in [1.29, 1.82) is 0 Å². The van der Waals surface area contributed by atoms with E-state index in [1.54, 1.807) is 0 Å². The maximum Gasteiger partial charge on any atom is 0.253 e. The van der Waals surface area contributed by atoms with Crippen molar-refractivity contribution in [2.45, 2.75) is 18.9 Å². The van der Waals surface area contributed by atoms with Crippen LogP contribution in [0.3, 0.4) is 0 Å². The molecule has 1 aliphatic carbocycles. The molecule has 6 heteroatoms. The molecule has 5 aliphatic rings. The number of amides is 2. The Morgan fingerprint density at radius 2 is 1.69 bits per heavy atom. The Morgan fingerprint density at radius 3 is 2.42 bits per heavy atom. The second-order valence-corrected chi connectivity index (χ2v) is 8.18. The van der Waals surface area contributed by atoms with E-state index >= 15 is 0 Å². The first-order chi connectivity index (χ1) is 12.2. The lowest BCUT2D eigenvalue weighted by atomic mass is 9.94. The molecule has 2 bridgehead atoms. The van der Waals surface area contributed by atoms with E-state index in [0.29, 0.717) is 30.2 Å². The first-order valence-electron chi connectivity index (χ1n) is 9.58. The molecule has 4 heterocycles. The summed E-state index contributed by atoms with van der Waals surface area (Å²) in [6.45, 7) is 4.32. The average molecular weight is 376 g/mol. The van der Waals surface area contributed by atoms with Crippen LogP contribution in [0.4, 0.5) is 0 Å². The van der Waals surface area contributed by atoms with Crippen LogP contribution in [-0.2, 0) is 4.79 Å². The van der Waals surface area contributed by atoms with Crippen molar-refractivity contribution in [3.8, 4) is 0 Å². The summed E-state index contributed by atoms with van der Waals surface area (Å²) in [5.74, 6) is 2.28. The van der Waals surface area contributed by atoms with E-state index in [1.807, 2.05) is 35.2 Å². The lowest BCUT2D eigenvalue weighted by Crippen LogP contribution is -2.49. The molecule has 5 fully saturated rings. The number of halogens is 1. The Kier molecular flexibility index (Phi) is 4.70. The zero-order chi connectivity index (χ0) is 17.0. The van der Waals surface area contributed by atoms with Gasteiger partial charge in [0.2, 0.25) is 5.91 Å². The predicted octanol–water partition coefficient (Wildman–Crippen LogP) is 1.64. The third-order valence-electron chi connectivity index (χ3n) is 6.68. The van der Waals surface area contributed by atoms with E-state index in [4.69, 9.17) is 0 Å². The monoisotopic (exact) mass is 375 g/mol. The Bertz CT molecular complexity index is 688. The van der Waals surface area contributed by atoms with Crippen LogP contribution in [0.25, 0.3) is 0 Å². The third-order valence-corrected chi connectivity index (χ3v) is 6.68. The van der Waals surface area contributed by atoms with E-state index in [0.717, 1.165) is 44.6 Å². The van der Waals surface area contributed by atoms with E-state index < -0.39 is 0 Å². The van der Waals surface area contributed by atoms with Crippen molar-refractivity contribution < 1.29 is 9.59 Å². The molecule has 1 unspecified atom stereocenters. The number of carbonyl (C=O) groups is 2. The number of hydrogen-bond donors (Lipinski definition) is 1. The van der Waals surface area contributed by atoms with Gasteiger partial charge in [0.05, 0.1) is 0 Å². The van der Waals surface area contributed by atoms with Gasteiger partial charge in [-0.05, 0) is 55.8 Å². The largest absolute Gasteiger partial charge is 0.337 e. The second kappa shape index (κ2) is 6.86. The highest BCUT2D eigenvalue weighted by atomic mass is 35.5. The van der Waals surface area contributed by atoms with Crippen LogP contribution < -0.4 is 5.32 Å². The maximum atomic E-state index is 13.1. The number of piperidine rings is 2. The quantitative estimate of drug-likeness (QED) is 0.855. The van der Waals surface area contributed by atoms with Crippen LogP contribution in [-0.4, -0.2) is 60.4 Å². The molecular weight excluding hydrogens is 350 g/mol. The molecule has 4 aliphatic heterocycles. The summed E-state index contributed by atoms with van der Waals surface area (Å²) in [4.78, 5) is 30.0. The van der Waals surface area contributed by atoms with Crippen LogP contribution in [0.5, 0.6) is 0 Å². The van der Waals surface area contributed by atoms with Gasteiger partial charge in [-0.25, -0.2) is 0 Å². The van der Waals surface area contributed by atoms with E-state index in [-0.39, 0.29) is 30.3 Å². The molecule has 5 atom stereocenters. The molecule has 2 amide bonds. The van der Waals surface area contributed by atoms with Gasteiger partial charge in [0.25, 0.3) is 5.91 Å². The number of nitrogens with one attached hydrogen (secondary N) is 1. The van der Waals surface area contributed by atoms with Gasteiger partial charge in [-0.1, -0.05) is 18.2 Å². The second-order valence-electron chi connectivity index (χ2n) is 8.18. The molecule has 26 heavy (non-hydrogen) atoms. The number of rotatable bonds is 2. The third kappa shape index (κ3) is 2.91. The fourth-order valence-corrected chi connectivity index (χ4v) is 5.26. The van der Waals surface area contributed by atoms with E-state index in [9.17, 15) is 9.59 Å². The molecule has 6 rings (SSSR count). The van der Waals surface area contributed by atoms with Gasteiger partial charge in [0.15, 0.2) is 0 Å². The summed E-state index contributed by atoms with van der Waals surface area (Å²) >= 11 is 0. The van der Waals surface area contributed by atoms with Crippen LogP contribution >= 0.6 is 12.4 Å². The molecule has 0 aromatic heterocycles. The normalized spacial score (nSPS) is 34.7. The highest BCUT2D eigenvalue weighted by Crippen LogP contribution is 2.50. The fourth-order valence-electron chi connectivity index (χ4n) is 5.26. The van der Waals surface area contributed by atoms with Crippen LogP contribution in [0.15, 0.2) is 30.3 Å². The minimum absolute atomic E-state index is 0. The van der Waals surface area contributed by atoms with Crippen molar-refractivity contribution in [3.05, 3.63) is 35.9 Å². The van der Waals surface area contributed by atoms with Crippen molar-refractivity contribution >= 4 is 24.2 Å². The summed E-state index contributed by atoms with van der Waals surface area (Å²) in [6.07, 6.45) is 2.17. The summed E-state index contributed by atoms with van der Waals surface area (Å²) < 4.78 is 0. The molecule has 1 saturated carbocycles. The molecule has 4 saturated heterocycles. The maximum absolute atomic E-state index is 13.1. The van der Waals surface area contributed by atoms with Crippen LogP contribution in [0.1, 0.15) is 23.2 Å². The molecule has 1 aromatic rings. The van der Waals surface area contributed by atoms with Crippen molar-refractivity contribution in [2.24, 2.45) is 23.7 Å². The molecule has 1 aromatic carbocycles. The molecular formula is C20H26ClN3O2. The molecule has 0 spiro atoms. The number of carbonyl (C=O) groups excluding carboxylic acids is 2. The minimum atomic E-state index is 0. The predicted molar refractivity (Wildman–Crippen MR) is 101 cm³/mol. The smallest absolute Gasteiger partial charge is 0.253 e. The van der Waals surface area contributed by atoms with Gasteiger partial charge in [0, 0.05) is 37.2 Å². The zero-order valence-electron chi connectivity index (χ0n) is 14.8. The Hall–Kier alpha value is -1.59. The first-order valence-corrected chi connectivity index (χ1v) is 9.58. The summed E-state index contributed by atoms with van der Waals surface area (Å²) in [5.41, 5.74) is 0.754. The average Bonchev–Trinajstić information content (AvgIpc) is 3.28. The van der Waals surface area contributed by atoms with Crippen molar-refractivity contribution in [2.75, 3.05) is 32.7 Å². The Balaban J connectivity index is 0.00000168. The van der Waals surface area contributed by atoms with Crippen LogP contribution in [0.2, 0.25) is 0 Å². The van der Waals surface area contributed by atoms with Gasteiger partial charge >= 0.3 is 0 Å². The number of nitrogens with zero attached hydrogens (tertiary/aromatic N) is 2. The van der Waals surface area contributed by atoms with Gasteiger partial charge in [0.1, 0.15) is 0 Å². The van der Waals surface area contributed by atoms with Gasteiger partial charge in [-0.15, -0.1) is 12.4 Å². The summed E-state index contributed by atoms with van der Waals surface area (Å²) in [5, 5.41) is 3.37. The van der Waals surface area contributed by atoms with Gasteiger partial charge < -0.3 is 15.1 Å². The Morgan fingerprint density at radius 1 is 0.962 bits per heavy atom. The first kappa shape index (κ1) is 17.8. The topological polar surface area (TPSA) is 52.7 Å². The lowest BCUT2D eigenvalue weighted by molar-refractivity contribution is -0.137. The highest BCUT2D eigenvalue weighted by molar-refractivity contribution is 5.94. The standard InChI is InChI=1S/C20H25N3O2.ClH/c24-19(14-4-2-1-3-5-14)22-10-13-6-7-15(12-22)23(11-13)20(25)18-16-8-21-9-17(16)18;/h1-5,13,15-18,21H,6-12H2;1H/t13-,15+,16-,17+,18?;/m0./s1. The van der Waals surface area contributed by atoms with Crippen LogP contribution in [0, 0.1) is 23.7 Å². The van der Waals surface area contributed by atoms with E-state index in [1.165, 1.54) is 0 Å². The molecule has 140 valence electrons. The van der Waals surface area contributed by atoms with Gasteiger partial charge in [-0.2, -0.15) is 0 Å². The fraction of sp³-hybridized carbons (Fsp3) is 0.600. The lowest BCUT2D eigenvalue weighted by Gasteiger charge is -2.36.